The van der Waals surface area contributed by atoms with Gasteiger partial charge in [-0.2, -0.15) is 0 Å². The molecule has 0 bridgehead atoms. The molecule has 2 fully saturated rings. The molecule has 0 aromatic heterocycles. The highest BCUT2D eigenvalue weighted by atomic mass is 16.1. The summed E-state index contributed by atoms with van der Waals surface area (Å²) in [5, 5.41) is 0. The minimum atomic E-state index is 0.524. The Kier molecular flexibility index (Phi) is 3.18. The second kappa shape index (κ2) is 4.27. The number of fused-ring (bicyclic) bond motifs is 1. The molecular weight excluding hydrogens is 184 g/mol. The van der Waals surface area contributed by atoms with Crippen LogP contribution in [0.5, 0.6) is 0 Å². The Morgan fingerprint density at radius 2 is 1.87 bits per heavy atom. The maximum absolute atomic E-state index is 11.6. The summed E-state index contributed by atoms with van der Waals surface area (Å²) in [6, 6.07) is 0. The monoisotopic (exact) mass is 208 g/mol. The number of Topliss-reactive ketones (excluding diaryl/α,β-unsaturated/α-hetero) is 1. The highest BCUT2D eigenvalue weighted by Crippen LogP contribution is 2.47. The number of hydrogen-bond acceptors (Lipinski definition) is 1. The fourth-order valence-corrected chi connectivity index (χ4v) is 3.94. The molecule has 0 aliphatic heterocycles. The van der Waals surface area contributed by atoms with Gasteiger partial charge in [-0.15, -0.1) is 0 Å². The molecule has 1 heteroatoms. The van der Waals surface area contributed by atoms with Crippen LogP contribution >= 0.6 is 0 Å². The zero-order valence-corrected chi connectivity index (χ0v) is 10.3. The van der Waals surface area contributed by atoms with E-state index in [0.29, 0.717) is 5.78 Å². The summed E-state index contributed by atoms with van der Waals surface area (Å²) >= 11 is 0. The van der Waals surface area contributed by atoms with Gasteiger partial charge in [0.15, 0.2) is 0 Å². The average Bonchev–Trinajstić information content (AvgIpc) is 2.17. The highest BCUT2D eigenvalue weighted by molar-refractivity contribution is 5.79. The third-order valence-corrected chi connectivity index (χ3v) is 4.86. The Bertz CT molecular complexity index is 242. The topological polar surface area (TPSA) is 17.1 Å². The van der Waals surface area contributed by atoms with Crippen molar-refractivity contribution in [3.05, 3.63) is 0 Å². The van der Waals surface area contributed by atoms with Crippen molar-refractivity contribution in [1.82, 2.24) is 0 Å². The zero-order chi connectivity index (χ0) is 11.0. The molecule has 0 spiro atoms. The van der Waals surface area contributed by atoms with Crippen LogP contribution in [0.15, 0.2) is 0 Å². The standard InChI is InChI=1S/C14H24O/c1-9(2)12-6-4-10(3)13-7-5-11(15)8-14(12)13/h9-10,12-14H,4-8H2,1-3H3/t10-,12+,13+,14-/m1/s1. The highest BCUT2D eigenvalue weighted by Gasteiger charge is 2.41. The molecule has 0 N–H and O–H groups in total. The van der Waals surface area contributed by atoms with Gasteiger partial charge in [0.2, 0.25) is 0 Å². The van der Waals surface area contributed by atoms with E-state index in [1.165, 1.54) is 19.3 Å². The smallest absolute Gasteiger partial charge is 0.133 e. The van der Waals surface area contributed by atoms with E-state index in [0.717, 1.165) is 42.4 Å². The fourth-order valence-electron chi connectivity index (χ4n) is 3.94. The Morgan fingerprint density at radius 3 is 2.53 bits per heavy atom. The first-order valence-corrected chi connectivity index (χ1v) is 6.61. The number of hydrogen-bond donors (Lipinski definition) is 0. The summed E-state index contributed by atoms with van der Waals surface area (Å²) in [5.74, 6) is 4.53. The van der Waals surface area contributed by atoms with Gasteiger partial charge in [-0.05, 0) is 42.4 Å². The molecule has 0 heterocycles. The number of rotatable bonds is 1. The Hall–Kier alpha value is -0.330. The summed E-state index contributed by atoms with van der Waals surface area (Å²) in [4.78, 5) is 11.6. The van der Waals surface area contributed by atoms with Crippen molar-refractivity contribution >= 4 is 5.78 Å². The Morgan fingerprint density at radius 1 is 1.13 bits per heavy atom. The fraction of sp³-hybridized carbons (Fsp3) is 0.929. The van der Waals surface area contributed by atoms with Crippen LogP contribution in [-0.4, -0.2) is 5.78 Å². The van der Waals surface area contributed by atoms with Crippen LogP contribution in [0.1, 0.15) is 52.9 Å². The lowest BCUT2D eigenvalue weighted by Crippen LogP contribution is -2.40. The predicted octanol–water partition coefficient (Wildman–Crippen LogP) is 3.67. The van der Waals surface area contributed by atoms with Crippen LogP contribution in [0.3, 0.4) is 0 Å². The minimum Gasteiger partial charge on any atom is -0.300 e. The number of ketones is 1. The second-order valence-electron chi connectivity index (χ2n) is 6.07. The molecule has 0 amide bonds. The molecule has 1 nitrogen and oxygen atoms in total. The molecule has 0 aromatic rings. The van der Waals surface area contributed by atoms with Gasteiger partial charge < -0.3 is 0 Å². The molecule has 15 heavy (non-hydrogen) atoms. The van der Waals surface area contributed by atoms with Gasteiger partial charge in [0.25, 0.3) is 0 Å². The minimum absolute atomic E-state index is 0.524. The van der Waals surface area contributed by atoms with Crippen LogP contribution < -0.4 is 0 Å². The number of carbonyl (C=O) groups excluding carboxylic acids is 1. The third kappa shape index (κ3) is 2.11. The summed E-state index contributed by atoms with van der Waals surface area (Å²) in [6.45, 7) is 7.05. The van der Waals surface area contributed by atoms with Crippen LogP contribution in [0.25, 0.3) is 0 Å². The van der Waals surface area contributed by atoms with E-state index in [1.807, 2.05) is 0 Å². The van der Waals surface area contributed by atoms with Gasteiger partial charge in [0, 0.05) is 12.8 Å². The third-order valence-electron chi connectivity index (χ3n) is 4.86. The largest absolute Gasteiger partial charge is 0.300 e. The molecule has 2 aliphatic carbocycles. The van der Waals surface area contributed by atoms with E-state index in [4.69, 9.17) is 0 Å². The molecular formula is C14H24O. The van der Waals surface area contributed by atoms with Crippen LogP contribution in [0, 0.1) is 29.6 Å². The van der Waals surface area contributed by atoms with Gasteiger partial charge >= 0.3 is 0 Å². The van der Waals surface area contributed by atoms with Crippen molar-refractivity contribution in [2.75, 3.05) is 0 Å². The summed E-state index contributed by atoms with van der Waals surface area (Å²) < 4.78 is 0. The zero-order valence-electron chi connectivity index (χ0n) is 10.3. The lowest BCUT2D eigenvalue weighted by molar-refractivity contribution is -0.125. The van der Waals surface area contributed by atoms with Crippen LogP contribution in [-0.2, 0) is 4.79 Å². The van der Waals surface area contributed by atoms with Crippen LogP contribution in [0.2, 0.25) is 0 Å². The lowest BCUT2D eigenvalue weighted by atomic mass is 9.59. The van der Waals surface area contributed by atoms with E-state index >= 15 is 0 Å². The molecule has 2 aliphatic rings. The summed E-state index contributed by atoms with van der Waals surface area (Å²) in [7, 11) is 0. The number of carbonyl (C=O) groups is 1. The average molecular weight is 208 g/mol. The molecule has 0 radical (unpaired) electrons. The van der Waals surface area contributed by atoms with E-state index in [9.17, 15) is 4.79 Å². The first-order chi connectivity index (χ1) is 7.09. The Labute approximate surface area is 93.6 Å². The molecule has 0 aromatic carbocycles. The van der Waals surface area contributed by atoms with Gasteiger partial charge in [-0.25, -0.2) is 0 Å². The maximum Gasteiger partial charge on any atom is 0.133 e. The van der Waals surface area contributed by atoms with Gasteiger partial charge in [0.1, 0.15) is 5.78 Å². The normalized spacial score (nSPS) is 41.7. The Balaban J connectivity index is 2.14. The van der Waals surface area contributed by atoms with Crippen molar-refractivity contribution in [2.24, 2.45) is 29.6 Å². The van der Waals surface area contributed by atoms with Crippen LogP contribution in [0.4, 0.5) is 0 Å². The van der Waals surface area contributed by atoms with Crippen molar-refractivity contribution in [3.63, 3.8) is 0 Å². The van der Waals surface area contributed by atoms with E-state index in [2.05, 4.69) is 20.8 Å². The molecule has 0 saturated heterocycles. The summed E-state index contributed by atoms with van der Waals surface area (Å²) in [6.07, 6.45) is 5.66. The van der Waals surface area contributed by atoms with Crippen molar-refractivity contribution in [2.45, 2.75) is 52.9 Å². The van der Waals surface area contributed by atoms with Crippen molar-refractivity contribution in [1.29, 1.82) is 0 Å². The molecule has 4 atom stereocenters. The first-order valence-electron chi connectivity index (χ1n) is 6.61. The van der Waals surface area contributed by atoms with Gasteiger partial charge in [-0.1, -0.05) is 27.2 Å². The molecule has 86 valence electrons. The SMILES string of the molecule is CC(C)[C@@H]1CC[C@@H](C)[C@@H]2CCC(=O)C[C@@H]21. The molecule has 2 rings (SSSR count). The second-order valence-corrected chi connectivity index (χ2v) is 6.07. The first kappa shape index (κ1) is 11.2. The van der Waals surface area contributed by atoms with Gasteiger partial charge in [0.05, 0.1) is 0 Å². The predicted molar refractivity (Wildman–Crippen MR) is 62.6 cm³/mol. The van der Waals surface area contributed by atoms with Gasteiger partial charge in [-0.3, -0.25) is 4.79 Å². The lowest BCUT2D eigenvalue weighted by Gasteiger charge is -2.46. The summed E-state index contributed by atoms with van der Waals surface area (Å²) in [5.41, 5.74) is 0. The molecule has 0 unspecified atom stereocenters. The molecule has 2 saturated carbocycles. The quantitative estimate of drug-likeness (QED) is 0.642. The van der Waals surface area contributed by atoms with E-state index in [1.54, 1.807) is 0 Å². The maximum atomic E-state index is 11.6. The van der Waals surface area contributed by atoms with E-state index in [-0.39, 0.29) is 0 Å². The van der Waals surface area contributed by atoms with E-state index < -0.39 is 0 Å². The van der Waals surface area contributed by atoms with Crippen molar-refractivity contribution in [3.8, 4) is 0 Å². The van der Waals surface area contributed by atoms with Crippen molar-refractivity contribution < 1.29 is 4.79 Å².